The number of para-hydroxylation sites is 2. The van der Waals surface area contributed by atoms with Crippen molar-refractivity contribution in [3.63, 3.8) is 0 Å². The van der Waals surface area contributed by atoms with Crippen LogP contribution in [0.15, 0.2) is 48.5 Å². The van der Waals surface area contributed by atoms with Gasteiger partial charge in [-0.25, -0.2) is 0 Å². The van der Waals surface area contributed by atoms with Gasteiger partial charge in [-0.3, -0.25) is 9.59 Å². The molecule has 1 N–H and O–H groups in total. The summed E-state index contributed by atoms with van der Waals surface area (Å²) in [5.41, 5.74) is 1.85. The third-order valence-corrected chi connectivity index (χ3v) is 4.52. The molecule has 0 saturated carbocycles. The van der Waals surface area contributed by atoms with Crippen LogP contribution in [0.5, 0.6) is 11.5 Å². The van der Waals surface area contributed by atoms with Crippen molar-refractivity contribution in [2.75, 3.05) is 25.1 Å². The van der Waals surface area contributed by atoms with Crippen LogP contribution >= 0.6 is 0 Å². The van der Waals surface area contributed by atoms with E-state index in [1.807, 2.05) is 30.3 Å². The number of hydrogen-bond acceptors (Lipinski definition) is 4. The highest BCUT2D eigenvalue weighted by Crippen LogP contribution is 2.33. The third-order valence-electron chi connectivity index (χ3n) is 4.52. The molecule has 2 amide bonds. The van der Waals surface area contributed by atoms with E-state index >= 15 is 0 Å². The highest BCUT2D eigenvalue weighted by Gasteiger charge is 2.33. The van der Waals surface area contributed by atoms with E-state index < -0.39 is 6.10 Å². The van der Waals surface area contributed by atoms with Gasteiger partial charge in [0.25, 0.3) is 11.8 Å². The number of ether oxygens (including phenoxy) is 2. The average molecular weight is 368 g/mol. The maximum absolute atomic E-state index is 12.8. The second-order valence-corrected chi connectivity index (χ2v) is 6.71. The lowest BCUT2D eigenvalue weighted by atomic mass is 10.0. The molecular formula is C21H24N2O4. The van der Waals surface area contributed by atoms with Crippen molar-refractivity contribution in [1.29, 1.82) is 0 Å². The number of carbonyl (C=O) groups is 2. The minimum absolute atomic E-state index is 0.115. The minimum Gasteiger partial charge on any atom is -0.484 e. The number of anilines is 1. The summed E-state index contributed by atoms with van der Waals surface area (Å²) in [4.78, 5) is 26.3. The topological polar surface area (TPSA) is 67.9 Å². The van der Waals surface area contributed by atoms with Crippen LogP contribution < -0.4 is 19.7 Å². The van der Waals surface area contributed by atoms with Gasteiger partial charge in [-0.1, -0.05) is 38.1 Å². The van der Waals surface area contributed by atoms with Crippen molar-refractivity contribution in [2.45, 2.75) is 25.9 Å². The molecule has 1 heterocycles. The number of hydrogen-bond donors (Lipinski definition) is 1. The zero-order valence-corrected chi connectivity index (χ0v) is 15.8. The van der Waals surface area contributed by atoms with Gasteiger partial charge in [0.15, 0.2) is 12.7 Å². The molecule has 1 aliphatic rings. The second kappa shape index (κ2) is 8.12. The minimum atomic E-state index is -0.751. The number of rotatable bonds is 5. The summed E-state index contributed by atoms with van der Waals surface area (Å²) in [5.74, 6) is 1.08. The third kappa shape index (κ3) is 4.22. The highest BCUT2D eigenvalue weighted by molar-refractivity contribution is 5.98. The van der Waals surface area contributed by atoms with Crippen molar-refractivity contribution >= 4 is 17.5 Å². The van der Waals surface area contributed by atoms with E-state index in [1.54, 1.807) is 30.1 Å². The molecule has 6 nitrogen and oxygen atoms in total. The Bertz CT molecular complexity index is 817. The standard InChI is InChI=1S/C21H24N2O4/c1-14(2)15-8-10-16(11-9-15)26-13-20(24)23-12-19(21(25)22-3)27-18-7-5-4-6-17(18)23/h4-11,14,19H,12-13H2,1-3H3,(H,22,25)/t19-/m0/s1. The first-order chi connectivity index (χ1) is 13.0. The first kappa shape index (κ1) is 18.8. The normalized spacial score (nSPS) is 15.7. The van der Waals surface area contributed by atoms with Gasteiger partial charge in [-0.15, -0.1) is 0 Å². The van der Waals surface area contributed by atoms with Crippen LogP contribution in [0, 0.1) is 0 Å². The van der Waals surface area contributed by atoms with Crippen LogP contribution in [0.2, 0.25) is 0 Å². The van der Waals surface area contributed by atoms with E-state index in [9.17, 15) is 9.59 Å². The lowest BCUT2D eigenvalue weighted by Crippen LogP contribution is -2.51. The van der Waals surface area contributed by atoms with Crippen LogP contribution in [0.3, 0.4) is 0 Å². The molecule has 142 valence electrons. The van der Waals surface area contributed by atoms with Gasteiger partial charge in [-0.05, 0) is 35.7 Å². The predicted molar refractivity (Wildman–Crippen MR) is 103 cm³/mol. The summed E-state index contributed by atoms with van der Waals surface area (Å²) in [6.45, 7) is 4.28. The molecule has 0 saturated heterocycles. The van der Waals surface area contributed by atoms with Gasteiger partial charge < -0.3 is 19.7 Å². The number of nitrogens with one attached hydrogen (secondary N) is 1. The summed E-state index contributed by atoms with van der Waals surface area (Å²) < 4.78 is 11.4. The Morgan fingerprint density at radius 2 is 1.89 bits per heavy atom. The van der Waals surface area contributed by atoms with Gasteiger partial charge in [-0.2, -0.15) is 0 Å². The number of benzene rings is 2. The Hall–Kier alpha value is -3.02. The Kier molecular flexibility index (Phi) is 5.64. The first-order valence-corrected chi connectivity index (χ1v) is 9.00. The molecule has 0 spiro atoms. The summed E-state index contributed by atoms with van der Waals surface area (Å²) in [6.07, 6.45) is -0.751. The Morgan fingerprint density at radius 3 is 2.56 bits per heavy atom. The van der Waals surface area contributed by atoms with Crippen molar-refractivity contribution in [1.82, 2.24) is 5.32 Å². The Balaban J connectivity index is 1.72. The van der Waals surface area contributed by atoms with Crippen LogP contribution in [-0.2, 0) is 9.59 Å². The molecule has 6 heteroatoms. The summed E-state index contributed by atoms with van der Waals surface area (Å²) in [6, 6.07) is 14.9. The lowest BCUT2D eigenvalue weighted by molar-refractivity contribution is -0.128. The van der Waals surface area contributed by atoms with Gasteiger partial charge in [0.1, 0.15) is 11.5 Å². The molecule has 1 aliphatic heterocycles. The smallest absolute Gasteiger partial charge is 0.265 e. The first-order valence-electron chi connectivity index (χ1n) is 9.00. The van der Waals surface area contributed by atoms with Crippen molar-refractivity contribution in [3.05, 3.63) is 54.1 Å². The van der Waals surface area contributed by atoms with E-state index in [0.717, 1.165) is 0 Å². The molecule has 0 radical (unpaired) electrons. The fourth-order valence-corrected chi connectivity index (χ4v) is 2.94. The number of likely N-dealkylation sites (N-methyl/N-ethyl adjacent to an activating group) is 1. The molecule has 1 atom stereocenters. The zero-order valence-electron chi connectivity index (χ0n) is 15.8. The monoisotopic (exact) mass is 368 g/mol. The molecule has 2 aromatic rings. The van der Waals surface area contributed by atoms with Crippen molar-refractivity contribution in [3.8, 4) is 11.5 Å². The molecule has 0 aliphatic carbocycles. The molecule has 0 bridgehead atoms. The predicted octanol–water partition coefficient (Wildman–Crippen LogP) is 2.73. The summed E-state index contributed by atoms with van der Waals surface area (Å²) in [5, 5.41) is 2.56. The molecule has 2 aromatic carbocycles. The van der Waals surface area contributed by atoms with E-state index in [1.165, 1.54) is 5.56 Å². The summed E-state index contributed by atoms with van der Waals surface area (Å²) in [7, 11) is 1.54. The lowest BCUT2D eigenvalue weighted by Gasteiger charge is -2.33. The van der Waals surface area contributed by atoms with Crippen LogP contribution in [-0.4, -0.2) is 38.1 Å². The van der Waals surface area contributed by atoms with Crippen molar-refractivity contribution in [2.24, 2.45) is 0 Å². The molecule has 0 aromatic heterocycles. The molecule has 27 heavy (non-hydrogen) atoms. The SMILES string of the molecule is CNC(=O)[C@@H]1CN(C(=O)COc2ccc(C(C)C)cc2)c2ccccc2O1. The highest BCUT2D eigenvalue weighted by atomic mass is 16.5. The van der Waals surface area contributed by atoms with E-state index in [0.29, 0.717) is 23.1 Å². The number of fused-ring (bicyclic) bond motifs is 1. The van der Waals surface area contributed by atoms with E-state index in [2.05, 4.69) is 19.2 Å². The molecular weight excluding hydrogens is 344 g/mol. The van der Waals surface area contributed by atoms with Gasteiger partial charge >= 0.3 is 0 Å². The average Bonchev–Trinajstić information content (AvgIpc) is 2.70. The fourth-order valence-electron chi connectivity index (χ4n) is 2.94. The van der Waals surface area contributed by atoms with Crippen molar-refractivity contribution < 1.29 is 19.1 Å². The van der Waals surface area contributed by atoms with Crippen LogP contribution in [0.4, 0.5) is 5.69 Å². The van der Waals surface area contributed by atoms with Crippen LogP contribution in [0.1, 0.15) is 25.3 Å². The van der Waals surface area contributed by atoms with Crippen LogP contribution in [0.25, 0.3) is 0 Å². The van der Waals surface area contributed by atoms with E-state index in [-0.39, 0.29) is 25.0 Å². The number of amides is 2. The summed E-state index contributed by atoms with van der Waals surface area (Å²) >= 11 is 0. The molecule has 0 fully saturated rings. The van der Waals surface area contributed by atoms with E-state index in [4.69, 9.17) is 9.47 Å². The second-order valence-electron chi connectivity index (χ2n) is 6.71. The van der Waals surface area contributed by atoms with Gasteiger partial charge in [0, 0.05) is 7.05 Å². The maximum atomic E-state index is 12.8. The maximum Gasteiger partial charge on any atom is 0.265 e. The molecule has 0 unspecified atom stereocenters. The molecule has 3 rings (SSSR count). The quantitative estimate of drug-likeness (QED) is 0.881. The Labute approximate surface area is 159 Å². The largest absolute Gasteiger partial charge is 0.484 e. The zero-order chi connectivity index (χ0) is 19.4. The van der Waals surface area contributed by atoms with Gasteiger partial charge in [0.2, 0.25) is 0 Å². The van der Waals surface area contributed by atoms with Gasteiger partial charge in [0.05, 0.1) is 12.2 Å². The Morgan fingerprint density at radius 1 is 1.19 bits per heavy atom. The number of nitrogens with zero attached hydrogens (tertiary/aromatic N) is 1. The number of carbonyl (C=O) groups excluding carboxylic acids is 2. The fraction of sp³-hybridized carbons (Fsp3) is 0.333.